The smallest absolute Gasteiger partial charge is 0.354 e. The van der Waals surface area contributed by atoms with Gasteiger partial charge in [0.2, 0.25) is 17.7 Å². The Balaban J connectivity index is 2.29. The molecule has 2 aliphatic rings. The molecule has 3 atom stereocenters. The van der Waals surface area contributed by atoms with Crippen molar-refractivity contribution in [2.45, 2.75) is 44.5 Å². The minimum Gasteiger partial charge on any atom is -0.460 e. The average molecular weight is 410 g/mol. The highest BCUT2D eigenvalue weighted by atomic mass is 32.2. The summed E-state index contributed by atoms with van der Waals surface area (Å²) in [6, 6.07) is -1.04. The van der Waals surface area contributed by atoms with Gasteiger partial charge in [-0.3, -0.25) is 14.4 Å². The van der Waals surface area contributed by atoms with Crippen LogP contribution in [0.2, 0.25) is 0 Å². The molecule has 0 aromatic rings. The van der Waals surface area contributed by atoms with E-state index >= 15 is 0 Å². The number of amides is 3. The van der Waals surface area contributed by atoms with Crippen LogP contribution in [-0.2, 0) is 23.9 Å². The molecule has 0 radical (unpaired) electrons. The summed E-state index contributed by atoms with van der Waals surface area (Å²) in [6.07, 6.45) is -0.0871. The molecular formula is C18H26N4O5S. The minimum atomic E-state index is -0.711. The number of fused-ring (bicyclic) bond motifs is 3. The topological polar surface area (TPSA) is 126 Å². The molecule has 9 nitrogen and oxygen atoms in total. The van der Waals surface area contributed by atoms with Gasteiger partial charge in [-0.15, -0.1) is 0 Å². The van der Waals surface area contributed by atoms with E-state index in [9.17, 15) is 19.2 Å². The number of hydrogen-bond acceptors (Lipinski definition) is 7. The van der Waals surface area contributed by atoms with Crippen LogP contribution in [0, 0.1) is 0 Å². The van der Waals surface area contributed by atoms with Crippen molar-refractivity contribution in [2.75, 3.05) is 18.9 Å². The van der Waals surface area contributed by atoms with Gasteiger partial charge in [-0.2, -0.15) is 11.8 Å². The van der Waals surface area contributed by atoms with E-state index in [-0.39, 0.29) is 36.4 Å². The Morgan fingerprint density at radius 3 is 2.54 bits per heavy atom. The summed E-state index contributed by atoms with van der Waals surface area (Å²) >= 11 is 1.50. The lowest BCUT2D eigenvalue weighted by molar-refractivity contribution is -0.141. The van der Waals surface area contributed by atoms with E-state index in [1.54, 1.807) is 13.8 Å². The number of carbonyl (C=O) groups excluding carboxylic acids is 4. The summed E-state index contributed by atoms with van der Waals surface area (Å²) in [4.78, 5) is 49.1. The fraction of sp³-hybridized carbons (Fsp3) is 0.556. The van der Waals surface area contributed by atoms with Gasteiger partial charge in [0.15, 0.2) is 0 Å². The predicted molar refractivity (Wildman–Crippen MR) is 105 cm³/mol. The first kappa shape index (κ1) is 21.8. The third-order valence-corrected chi connectivity index (χ3v) is 5.66. The monoisotopic (exact) mass is 410 g/mol. The molecule has 10 heteroatoms. The third kappa shape index (κ3) is 5.75. The Labute approximate surface area is 168 Å². The van der Waals surface area contributed by atoms with Crippen LogP contribution in [0.15, 0.2) is 23.5 Å². The number of ether oxygens (including phenoxy) is 1. The van der Waals surface area contributed by atoms with Gasteiger partial charge >= 0.3 is 5.97 Å². The molecule has 2 aliphatic heterocycles. The van der Waals surface area contributed by atoms with Crippen LogP contribution in [0.1, 0.15) is 27.2 Å². The highest BCUT2D eigenvalue weighted by molar-refractivity contribution is 8.00. The van der Waals surface area contributed by atoms with Crippen molar-refractivity contribution in [2.24, 2.45) is 0 Å². The lowest BCUT2D eigenvalue weighted by Gasteiger charge is -2.24. The molecule has 0 spiro atoms. The van der Waals surface area contributed by atoms with Gasteiger partial charge in [0.1, 0.15) is 18.3 Å². The summed E-state index contributed by atoms with van der Waals surface area (Å²) in [5.74, 6) is -1.37. The Hall–Kier alpha value is -2.49. The molecule has 2 fully saturated rings. The first-order valence-corrected chi connectivity index (χ1v) is 10.0. The van der Waals surface area contributed by atoms with E-state index in [2.05, 4.69) is 27.8 Å². The molecule has 154 valence electrons. The molecule has 2 unspecified atom stereocenters. The van der Waals surface area contributed by atoms with Crippen molar-refractivity contribution >= 4 is 35.5 Å². The van der Waals surface area contributed by atoms with E-state index in [1.165, 1.54) is 11.8 Å². The largest absolute Gasteiger partial charge is 0.460 e. The van der Waals surface area contributed by atoms with E-state index in [1.807, 2.05) is 6.92 Å². The fourth-order valence-corrected chi connectivity index (χ4v) is 3.84. The maximum absolute atomic E-state index is 12.8. The van der Waals surface area contributed by atoms with Crippen molar-refractivity contribution in [1.29, 1.82) is 0 Å². The van der Waals surface area contributed by atoms with Crippen LogP contribution < -0.4 is 21.3 Å². The lowest BCUT2D eigenvalue weighted by atomic mass is 10.1. The second-order valence-corrected chi connectivity index (χ2v) is 8.24. The molecule has 0 aromatic carbocycles. The molecule has 3 amide bonds. The molecule has 0 aromatic heterocycles. The summed E-state index contributed by atoms with van der Waals surface area (Å²) in [5, 5.41) is 10.8. The molecule has 2 bridgehead atoms. The highest BCUT2D eigenvalue weighted by Gasteiger charge is 2.33. The molecular weight excluding hydrogens is 384 g/mol. The van der Waals surface area contributed by atoms with E-state index in [4.69, 9.17) is 4.74 Å². The Morgan fingerprint density at radius 2 is 1.86 bits per heavy atom. The first-order valence-electron chi connectivity index (χ1n) is 8.97. The SMILES string of the molecule is C=C1NC2C(=O)NC(=C(C)C)C(=O)OCCC(=O)NCC(=O)N[C@@H]1CSC2C. The van der Waals surface area contributed by atoms with Gasteiger partial charge in [0.05, 0.1) is 19.0 Å². The zero-order valence-corrected chi connectivity index (χ0v) is 17.0. The Morgan fingerprint density at radius 1 is 1.14 bits per heavy atom. The first-order chi connectivity index (χ1) is 13.2. The molecule has 2 saturated heterocycles. The predicted octanol–water partition coefficient (Wildman–Crippen LogP) is -0.448. The average Bonchev–Trinajstić information content (AvgIpc) is 2.76. The van der Waals surface area contributed by atoms with Crippen LogP contribution in [0.3, 0.4) is 0 Å². The van der Waals surface area contributed by atoms with E-state index in [0.29, 0.717) is 17.0 Å². The Kier molecular flexibility index (Phi) is 7.50. The van der Waals surface area contributed by atoms with Crippen LogP contribution in [0.4, 0.5) is 0 Å². The van der Waals surface area contributed by atoms with Crippen molar-refractivity contribution < 1.29 is 23.9 Å². The second-order valence-electron chi connectivity index (χ2n) is 6.83. The van der Waals surface area contributed by atoms with Crippen molar-refractivity contribution in [3.05, 3.63) is 23.5 Å². The van der Waals surface area contributed by atoms with Gasteiger partial charge in [-0.25, -0.2) is 4.79 Å². The summed E-state index contributed by atoms with van der Waals surface area (Å²) < 4.78 is 5.10. The number of esters is 1. The summed E-state index contributed by atoms with van der Waals surface area (Å²) in [6.45, 7) is 8.84. The van der Waals surface area contributed by atoms with Gasteiger partial charge in [-0.1, -0.05) is 13.5 Å². The van der Waals surface area contributed by atoms with Gasteiger partial charge < -0.3 is 26.0 Å². The number of hydrogen-bond donors (Lipinski definition) is 4. The highest BCUT2D eigenvalue weighted by Crippen LogP contribution is 2.23. The molecule has 0 saturated carbocycles. The normalized spacial score (nSPS) is 27.8. The molecule has 2 rings (SSSR count). The number of rotatable bonds is 0. The molecule has 2 heterocycles. The zero-order chi connectivity index (χ0) is 20.8. The number of carbonyl (C=O) groups is 4. The van der Waals surface area contributed by atoms with Crippen LogP contribution in [0.25, 0.3) is 0 Å². The quantitative estimate of drug-likeness (QED) is 0.315. The summed E-state index contributed by atoms with van der Waals surface area (Å²) in [5.41, 5.74) is 1.13. The van der Waals surface area contributed by atoms with Gasteiger partial charge in [0.25, 0.3) is 0 Å². The van der Waals surface area contributed by atoms with E-state index < -0.39 is 29.9 Å². The number of nitrogens with one attached hydrogen (secondary N) is 4. The number of allylic oxidation sites excluding steroid dienone is 1. The van der Waals surface area contributed by atoms with Crippen molar-refractivity contribution in [3.8, 4) is 0 Å². The molecule has 28 heavy (non-hydrogen) atoms. The van der Waals surface area contributed by atoms with Crippen molar-refractivity contribution in [3.63, 3.8) is 0 Å². The minimum absolute atomic E-state index is 0.0521. The van der Waals surface area contributed by atoms with Gasteiger partial charge in [-0.05, 0) is 19.4 Å². The molecule has 0 aliphatic carbocycles. The van der Waals surface area contributed by atoms with Crippen molar-refractivity contribution in [1.82, 2.24) is 21.3 Å². The zero-order valence-electron chi connectivity index (χ0n) is 16.2. The number of cyclic esters (lactones) is 1. The fourth-order valence-electron chi connectivity index (χ4n) is 2.67. The Bertz CT molecular complexity index is 717. The standard InChI is InChI=1S/C18H26N4O5S/c1-9(2)15-18(26)27-6-5-13(23)19-7-14(24)21-12-8-28-11(4)16(17(25)22-15)20-10(12)3/h11-12,16,20H,3,5-8H2,1-2,4H3,(H,19,23)(H,21,24)(H,22,25)/t11?,12-,16?/m1/s1. The summed E-state index contributed by atoms with van der Waals surface area (Å²) in [7, 11) is 0. The lowest BCUT2D eigenvalue weighted by Crippen LogP contribution is -2.51. The maximum atomic E-state index is 12.8. The maximum Gasteiger partial charge on any atom is 0.354 e. The third-order valence-electron chi connectivity index (χ3n) is 4.34. The number of thioether (sulfide) groups is 1. The van der Waals surface area contributed by atoms with Crippen LogP contribution in [-0.4, -0.2) is 59.9 Å². The van der Waals surface area contributed by atoms with Crippen LogP contribution >= 0.6 is 11.8 Å². The van der Waals surface area contributed by atoms with Crippen LogP contribution in [0.5, 0.6) is 0 Å². The van der Waals surface area contributed by atoms with Gasteiger partial charge in [0, 0.05) is 16.7 Å². The second kappa shape index (κ2) is 9.63. The van der Waals surface area contributed by atoms with E-state index in [0.717, 1.165) is 0 Å². The molecule has 4 N–H and O–H groups in total.